The lowest BCUT2D eigenvalue weighted by molar-refractivity contribution is 0.647. The molecule has 1 aromatic heterocycles. The van der Waals surface area contributed by atoms with Gasteiger partial charge in [0.15, 0.2) is 0 Å². The molecule has 0 unspecified atom stereocenters. The van der Waals surface area contributed by atoms with E-state index >= 15 is 0 Å². The van der Waals surface area contributed by atoms with E-state index in [4.69, 9.17) is 4.42 Å². The van der Waals surface area contributed by atoms with Crippen LogP contribution in [0, 0.1) is 0 Å². The molecule has 0 saturated carbocycles. The van der Waals surface area contributed by atoms with Crippen LogP contribution in [0.2, 0.25) is 0 Å². The van der Waals surface area contributed by atoms with Crippen LogP contribution in [0.1, 0.15) is 25.0 Å². The van der Waals surface area contributed by atoms with Crippen LogP contribution in [0.15, 0.2) is 174 Å². The van der Waals surface area contributed by atoms with Crippen molar-refractivity contribution in [1.82, 2.24) is 0 Å². The standard InChI is InChI=1S/C51H34O/c1-51(2)45-25-24-36(26-41(45)42-29-44-43-27-34-14-6-7-15-35(34)28-47(43)52-48(44)30-46(42)51)31-20-22-33(23-21-31)50-39-18-10-8-16-37(39)49(32-12-4-3-5-13-32)38-17-9-11-19-40(38)50/h3-30H,1-2H3. The SMILES string of the molecule is CC1(C)c2ccc(-c3ccc(-c4c5ccccc5c(-c5ccccc5)c5ccccc45)cc3)cc2-c2cc3c(cc21)oc1cc2ccccc2cc13. The fourth-order valence-corrected chi connectivity index (χ4v) is 9.07. The molecule has 0 atom stereocenters. The summed E-state index contributed by atoms with van der Waals surface area (Å²) < 4.78 is 6.50. The van der Waals surface area contributed by atoms with Gasteiger partial charge in [0.05, 0.1) is 0 Å². The van der Waals surface area contributed by atoms with Gasteiger partial charge in [-0.3, -0.25) is 0 Å². The first kappa shape index (κ1) is 29.3. The van der Waals surface area contributed by atoms with Gasteiger partial charge in [0, 0.05) is 16.2 Å². The summed E-state index contributed by atoms with van der Waals surface area (Å²) in [6.45, 7) is 4.68. The highest BCUT2D eigenvalue weighted by Gasteiger charge is 2.36. The van der Waals surface area contributed by atoms with Crippen molar-refractivity contribution in [2.75, 3.05) is 0 Å². The van der Waals surface area contributed by atoms with Crippen LogP contribution in [-0.4, -0.2) is 0 Å². The highest BCUT2D eigenvalue weighted by Crippen LogP contribution is 2.52. The van der Waals surface area contributed by atoms with Gasteiger partial charge in [0.25, 0.3) is 0 Å². The van der Waals surface area contributed by atoms with Crippen LogP contribution in [0.5, 0.6) is 0 Å². The molecular weight excluding hydrogens is 629 g/mol. The molecule has 244 valence electrons. The predicted octanol–water partition coefficient (Wildman–Crippen LogP) is 14.4. The smallest absolute Gasteiger partial charge is 0.136 e. The monoisotopic (exact) mass is 662 g/mol. The molecular formula is C51H34O. The van der Waals surface area contributed by atoms with Crippen LogP contribution >= 0.6 is 0 Å². The number of fused-ring (bicyclic) bond motifs is 9. The molecule has 0 amide bonds. The Kier molecular flexibility index (Phi) is 6.08. The van der Waals surface area contributed by atoms with Gasteiger partial charge >= 0.3 is 0 Å². The van der Waals surface area contributed by atoms with E-state index in [1.54, 1.807) is 0 Å². The van der Waals surface area contributed by atoms with Gasteiger partial charge in [-0.2, -0.15) is 0 Å². The Morgan fingerprint density at radius 1 is 0.346 bits per heavy atom. The third kappa shape index (κ3) is 4.17. The number of furan rings is 1. The molecule has 0 radical (unpaired) electrons. The van der Waals surface area contributed by atoms with Crippen molar-refractivity contribution in [3.8, 4) is 44.5 Å². The quantitative estimate of drug-likeness (QED) is 0.172. The van der Waals surface area contributed by atoms with E-state index in [9.17, 15) is 0 Å². The molecule has 1 heteroatoms. The maximum Gasteiger partial charge on any atom is 0.136 e. The average Bonchev–Trinajstić information content (AvgIpc) is 3.65. The minimum atomic E-state index is -0.126. The zero-order valence-electron chi connectivity index (χ0n) is 29.1. The Morgan fingerprint density at radius 3 is 1.48 bits per heavy atom. The minimum Gasteiger partial charge on any atom is -0.456 e. The van der Waals surface area contributed by atoms with E-state index < -0.39 is 0 Å². The van der Waals surface area contributed by atoms with Gasteiger partial charge in [-0.25, -0.2) is 0 Å². The Hall–Kier alpha value is -6.44. The second-order valence-electron chi connectivity index (χ2n) is 14.9. The summed E-state index contributed by atoms with van der Waals surface area (Å²) in [5.41, 5.74) is 14.6. The second-order valence-corrected chi connectivity index (χ2v) is 14.9. The first-order valence-electron chi connectivity index (χ1n) is 18.2. The van der Waals surface area contributed by atoms with Crippen LogP contribution in [-0.2, 0) is 5.41 Å². The summed E-state index contributed by atoms with van der Waals surface area (Å²) in [6, 6.07) is 62.4. The molecule has 0 bridgehead atoms. The third-order valence-electron chi connectivity index (χ3n) is 11.6. The second kappa shape index (κ2) is 10.8. The molecule has 11 rings (SSSR count). The van der Waals surface area contributed by atoms with Crippen molar-refractivity contribution in [2.45, 2.75) is 19.3 Å². The highest BCUT2D eigenvalue weighted by molar-refractivity contribution is 6.21. The van der Waals surface area contributed by atoms with Gasteiger partial charge < -0.3 is 4.42 Å². The Labute approximate surface area is 302 Å². The average molecular weight is 663 g/mol. The van der Waals surface area contributed by atoms with E-state index in [1.807, 2.05) is 0 Å². The fourth-order valence-electron chi connectivity index (χ4n) is 9.07. The predicted molar refractivity (Wildman–Crippen MR) is 220 cm³/mol. The lowest BCUT2D eigenvalue weighted by atomic mass is 9.82. The Morgan fingerprint density at radius 2 is 0.827 bits per heavy atom. The molecule has 0 spiro atoms. The van der Waals surface area contributed by atoms with Crippen molar-refractivity contribution in [2.24, 2.45) is 0 Å². The van der Waals surface area contributed by atoms with Crippen LogP contribution in [0.3, 0.4) is 0 Å². The van der Waals surface area contributed by atoms with Crippen LogP contribution < -0.4 is 0 Å². The molecule has 0 aliphatic heterocycles. The topological polar surface area (TPSA) is 13.1 Å². The van der Waals surface area contributed by atoms with E-state index in [0.29, 0.717) is 0 Å². The molecule has 52 heavy (non-hydrogen) atoms. The summed E-state index contributed by atoms with van der Waals surface area (Å²) in [7, 11) is 0. The van der Waals surface area contributed by atoms with E-state index in [-0.39, 0.29) is 5.41 Å². The molecule has 0 saturated heterocycles. The zero-order chi connectivity index (χ0) is 34.6. The normalized spacial score (nSPS) is 13.3. The number of hydrogen-bond donors (Lipinski definition) is 0. The van der Waals surface area contributed by atoms with E-state index in [2.05, 4.69) is 184 Å². The summed E-state index contributed by atoms with van der Waals surface area (Å²) in [5, 5.41) is 9.89. The lowest BCUT2D eigenvalue weighted by Gasteiger charge is -2.21. The van der Waals surface area contributed by atoms with E-state index in [1.165, 1.54) is 98.7 Å². The summed E-state index contributed by atoms with van der Waals surface area (Å²) >= 11 is 0. The maximum atomic E-state index is 6.50. The minimum absolute atomic E-state index is 0.126. The zero-order valence-corrected chi connectivity index (χ0v) is 29.1. The number of benzene rings is 9. The van der Waals surface area contributed by atoms with Crippen molar-refractivity contribution >= 4 is 54.3 Å². The first-order valence-corrected chi connectivity index (χ1v) is 18.2. The fraction of sp³-hybridized carbons (Fsp3) is 0.0588. The van der Waals surface area contributed by atoms with Crippen LogP contribution in [0.25, 0.3) is 98.8 Å². The van der Waals surface area contributed by atoms with Crippen molar-refractivity contribution < 1.29 is 4.42 Å². The summed E-state index contributed by atoms with van der Waals surface area (Å²) in [4.78, 5) is 0. The Bertz CT molecular complexity index is 3010. The number of rotatable bonds is 3. The Balaban J connectivity index is 1.04. The number of hydrogen-bond acceptors (Lipinski definition) is 1. The lowest BCUT2D eigenvalue weighted by Crippen LogP contribution is -2.14. The molecule has 1 aliphatic rings. The highest BCUT2D eigenvalue weighted by atomic mass is 16.3. The molecule has 1 aliphatic carbocycles. The van der Waals surface area contributed by atoms with Crippen molar-refractivity contribution in [3.63, 3.8) is 0 Å². The van der Waals surface area contributed by atoms with Gasteiger partial charge in [-0.05, 0) is 118 Å². The molecule has 1 nitrogen and oxygen atoms in total. The van der Waals surface area contributed by atoms with Gasteiger partial charge in [-0.1, -0.05) is 153 Å². The third-order valence-corrected chi connectivity index (χ3v) is 11.6. The summed E-state index contributed by atoms with van der Waals surface area (Å²) in [6.07, 6.45) is 0. The van der Waals surface area contributed by atoms with Crippen LogP contribution in [0.4, 0.5) is 0 Å². The molecule has 1 heterocycles. The molecule has 10 aromatic rings. The largest absolute Gasteiger partial charge is 0.456 e. The molecule has 0 N–H and O–H groups in total. The van der Waals surface area contributed by atoms with E-state index in [0.717, 1.165) is 11.2 Å². The summed E-state index contributed by atoms with van der Waals surface area (Å²) in [5.74, 6) is 0. The van der Waals surface area contributed by atoms with Gasteiger partial charge in [-0.15, -0.1) is 0 Å². The van der Waals surface area contributed by atoms with Gasteiger partial charge in [0.1, 0.15) is 11.2 Å². The first-order chi connectivity index (χ1) is 25.5. The maximum absolute atomic E-state index is 6.50. The van der Waals surface area contributed by atoms with Gasteiger partial charge in [0.2, 0.25) is 0 Å². The molecule has 0 fully saturated rings. The van der Waals surface area contributed by atoms with Crippen molar-refractivity contribution in [3.05, 3.63) is 181 Å². The van der Waals surface area contributed by atoms with Crippen molar-refractivity contribution in [1.29, 1.82) is 0 Å². The molecule has 9 aromatic carbocycles.